The minimum atomic E-state index is -1.21. The summed E-state index contributed by atoms with van der Waals surface area (Å²) >= 11 is 1.47. The largest absolute Gasteiger partial charge is 0.394 e. The first kappa shape index (κ1) is 23.3. The van der Waals surface area contributed by atoms with Gasteiger partial charge in [0.2, 0.25) is 0 Å². The van der Waals surface area contributed by atoms with Crippen LogP contribution in [0.1, 0.15) is 18.9 Å². The Morgan fingerprint density at radius 3 is 2.67 bits per heavy atom. The number of halogens is 1. The van der Waals surface area contributed by atoms with Gasteiger partial charge in [0.05, 0.1) is 25.6 Å². The maximum Gasteiger partial charge on any atom is 0.351 e. The first-order valence-electron chi connectivity index (χ1n) is 9.97. The molecule has 5 rings (SSSR count). The summed E-state index contributed by atoms with van der Waals surface area (Å²) in [5, 5.41) is 17.9. The predicted molar refractivity (Wildman–Crippen MR) is 117 cm³/mol. The Balaban J connectivity index is 0.000000160. The SMILES string of the molecule is Nc1ccn([C@@H]2CS[C@H](CO)O2)c(=O)n1.Nc1ncnc2c1ncn2[C@@H]1O[C@H](CO)C[C@@H]1F. The number of aliphatic hydroxyl groups is 2. The van der Waals surface area contributed by atoms with Crippen molar-refractivity contribution in [3.8, 4) is 0 Å². The standard InChI is InChI=1S/C10H12FN5O2.C8H11N3O3S/c11-6-1-5(2-17)18-10(6)16-4-15-7-8(12)13-3-14-9(7)16;9-5-1-2-11(8(13)10-5)6-4-15-7(3-12)14-6/h3-6,10,17H,1-2H2,(H2,12,13,14);1-2,6-7,12H,3-4H2,(H2,9,10,13)/t5-,6-,10+;6-,7+/m00/s1. The lowest BCUT2D eigenvalue weighted by Gasteiger charge is -2.15. The van der Waals surface area contributed by atoms with Crippen LogP contribution in [0.4, 0.5) is 16.0 Å². The smallest absolute Gasteiger partial charge is 0.351 e. The van der Waals surface area contributed by atoms with Crippen molar-refractivity contribution in [3.63, 3.8) is 0 Å². The maximum atomic E-state index is 13.9. The van der Waals surface area contributed by atoms with Gasteiger partial charge in [-0.3, -0.25) is 9.13 Å². The molecule has 3 aromatic rings. The molecule has 2 aliphatic heterocycles. The molecule has 5 atom stereocenters. The van der Waals surface area contributed by atoms with Gasteiger partial charge in [0.25, 0.3) is 0 Å². The number of rotatable bonds is 4. The van der Waals surface area contributed by atoms with Gasteiger partial charge in [0, 0.05) is 18.4 Å². The normalized spacial score (nSPS) is 26.9. The third kappa shape index (κ3) is 4.91. The van der Waals surface area contributed by atoms with Crippen LogP contribution in [0.25, 0.3) is 11.2 Å². The van der Waals surface area contributed by atoms with Crippen LogP contribution in [0.3, 0.4) is 0 Å². The topological polar surface area (TPSA) is 189 Å². The van der Waals surface area contributed by atoms with E-state index in [-0.39, 0.29) is 42.9 Å². The summed E-state index contributed by atoms with van der Waals surface area (Å²) in [6, 6.07) is 1.54. The average Bonchev–Trinajstić information content (AvgIpc) is 3.52. The molecule has 0 spiro atoms. The molecule has 0 aromatic carbocycles. The molecular formula is C18H23FN8O5S. The van der Waals surface area contributed by atoms with Crippen molar-refractivity contribution in [2.24, 2.45) is 0 Å². The fourth-order valence-electron chi connectivity index (χ4n) is 3.45. The third-order valence-electron chi connectivity index (χ3n) is 5.04. The quantitative estimate of drug-likeness (QED) is 0.371. The monoisotopic (exact) mass is 482 g/mol. The number of hydrogen-bond acceptors (Lipinski definition) is 12. The Hall–Kier alpha value is -2.85. The first-order valence-corrected chi connectivity index (χ1v) is 11.0. The van der Waals surface area contributed by atoms with Gasteiger partial charge in [-0.25, -0.2) is 24.1 Å². The van der Waals surface area contributed by atoms with E-state index in [1.54, 1.807) is 12.3 Å². The van der Waals surface area contributed by atoms with Crippen LogP contribution in [0.5, 0.6) is 0 Å². The number of nitrogens with two attached hydrogens (primary N) is 2. The zero-order valence-electron chi connectivity index (χ0n) is 17.3. The molecule has 2 fully saturated rings. The zero-order chi connectivity index (χ0) is 23.5. The third-order valence-corrected chi connectivity index (χ3v) is 6.15. The first-order chi connectivity index (χ1) is 15.9. The number of aliphatic hydroxyl groups excluding tert-OH is 2. The summed E-state index contributed by atoms with van der Waals surface area (Å²) in [6.07, 6.45) is 1.51. The van der Waals surface area contributed by atoms with E-state index in [9.17, 15) is 9.18 Å². The predicted octanol–water partition coefficient (Wildman–Crippen LogP) is -0.568. The number of imidazole rings is 1. The highest BCUT2D eigenvalue weighted by Gasteiger charge is 2.37. The highest BCUT2D eigenvalue weighted by Crippen LogP contribution is 2.33. The molecule has 0 aliphatic carbocycles. The van der Waals surface area contributed by atoms with Crippen molar-refractivity contribution >= 4 is 34.6 Å². The van der Waals surface area contributed by atoms with Gasteiger partial charge in [-0.15, -0.1) is 11.8 Å². The molecule has 0 radical (unpaired) electrons. The molecule has 0 amide bonds. The van der Waals surface area contributed by atoms with Crippen LogP contribution < -0.4 is 17.2 Å². The number of nitrogen functional groups attached to an aromatic ring is 2. The average molecular weight is 482 g/mol. The molecule has 3 aromatic heterocycles. The number of hydrogen-bond donors (Lipinski definition) is 4. The molecule has 2 aliphatic rings. The summed E-state index contributed by atoms with van der Waals surface area (Å²) in [4.78, 5) is 26.9. The van der Waals surface area contributed by atoms with E-state index in [0.29, 0.717) is 16.9 Å². The number of fused-ring (bicyclic) bond motifs is 1. The highest BCUT2D eigenvalue weighted by atomic mass is 32.2. The van der Waals surface area contributed by atoms with Crippen LogP contribution in [0.2, 0.25) is 0 Å². The van der Waals surface area contributed by atoms with E-state index >= 15 is 0 Å². The van der Waals surface area contributed by atoms with Crippen molar-refractivity contribution in [2.45, 2.75) is 36.6 Å². The van der Waals surface area contributed by atoms with Crippen LogP contribution in [0, 0.1) is 0 Å². The fraction of sp³-hybridized carbons (Fsp3) is 0.500. The van der Waals surface area contributed by atoms with E-state index in [4.69, 9.17) is 31.2 Å². The summed E-state index contributed by atoms with van der Waals surface area (Å²) in [6.45, 7) is -0.265. The fourth-order valence-corrected chi connectivity index (χ4v) is 4.38. The van der Waals surface area contributed by atoms with Crippen molar-refractivity contribution in [1.82, 2.24) is 29.1 Å². The molecule has 15 heteroatoms. The molecule has 6 N–H and O–H groups in total. The van der Waals surface area contributed by atoms with Crippen LogP contribution in [-0.4, -0.2) is 76.0 Å². The molecule has 178 valence electrons. The lowest BCUT2D eigenvalue weighted by molar-refractivity contribution is -0.0351. The van der Waals surface area contributed by atoms with Gasteiger partial charge in [0.15, 0.2) is 17.7 Å². The Morgan fingerprint density at radius 1 is 1.18 bits per heavy atom. The van der Waals surface area contributed by atoms with Gasteiger partial charge in [-0.2, -0.15) is 4.98 Å². The van der Waals surface area contributed by atoms with Crippen LogP contribution in [0.15, 0.2) is 29.7 Å². The number of nitrogens with zero attached hydrogens (tertiary/aromatic N) is 6. The second kappa shape index (κ2) is 9.96. The van der Waals surface area contributed by atoms with E-state index < -0.39 is 24.2 Å². The Labute approximate surface area is 190 Å². The molecule has 5 heterocycles. The molecule has 13 nitrogen and oxygen atoms in total. The summed E-state index contributed by atoms with van der Waals surface area (Å²) in [5.74, 6) is 1.06. The number of anilines is 2. The molecule has 33 heavy (non-hydrogen) atoms. The Morgan fingerprint density at radius 2 is 2.00 bits per heavy atom. The molecule has 2 saturated heterocycles. The highest BCUT2D eigenvalue weighted by molar-refractivity contribution is 8.00. The minimum absolute atomic E-state index is 0.0572. The number of aromatic nitrogens is 6. The number of alkyl halides is 1. The summed E-state index contributed by atoms with van der Waals surface area (Å²) in [7, 11) is 0. The lowest BCUT2D eigenvalue weighted by atomic mass is 10.2. The van der Waals surface area contributed by atoms with Gasteiger partial charge >= 0.3 is 5.69 Å². The second-order valence-electron chi connectivity index (χ2n) is 7.24. The second-order valence-corrected chi connectivity index (χ2v) is 8.44. The minimum Gasteiger partial charge on any atom is -0.394 e. The van der Waals surface area contributed by atoms with E-state index in [1.807, 2.05) is 0 Å². The summed E-state index contributed by atoms with van der Waals surface area (Å²) in [5.41, 5.74) is 11.2. The van der Waals surface area contributed by atoms with Crippen LogP contribution >= 0.6 is 11.8 Å². The lowest BCUT2D eigenvalue weighted by Crippen LogP contribution is -2.28. The van der Waals surface area contributed by atoms with Gasteiger partial charge in [-0.05, 0) is 6.07 Å². The van der Waals surface area contributed by atoms with Gasteiger partial charge in [0.1, 0.15) is 35.5 Å². The maximum absolute atomic E-state index is 13.9. The van der Waals surface area contributed by atoms with Crippen molar-refractivity contribution in [1.29, 1.82) is 0 Å². The Bertz CT molecular complexity index is 1160. The van der Waals surface area contributed by atoms with Crippen molar-refractivity contribution < 1.29 is 24.1 Å². The molecular weight excluding hydrogens is 459 g/mol. The van der Waals surface area contributed by atoms with Crippen molar-refractivity contribution in [3.05, 3.63) is 35.4 Å². The van der Waals surface area contributed by atoms with E-state index in [2.05, 4.69) is 19.9 Å². The molecule has 0 saturated carbocycles. The van der Waals surface area contributed by atoms with Gasteiger partial charge in [-0.1, -0.05) is 0 Å². The zero-order valence-corrected chi connectivity index (χ0v) is 18.1. The molecule has 0 bridgehead atoms. The number of ether oxygens (including phenoxy) is 2. The van der Waals surface area contributed by atoms with E-state index in [0.717, 1.165) is 0 Å². The van der Waals surface area contributed by atoms with Crippen LogP contribution in [-0.2, 0) is 9.47 Å². The Kier molecular flexibility index (Phi) is 7.04. The van der Waals surface area contributed by atoms with E-state index in [1.165, 1.54) is 33.6 Å². The van der Waals surface area contributed by atoms with Crippen molar-refractivity contribution in [2.75, 3.05) is 30.4 Å². The molecule has 0 unspecified atom stereocenters. The summed E-state index contributed by atoms with van der Waals surface area (Å²) < 4.78 is 27.5. The van der Waals surface area contributed by atoms with Gasteiger partial charge < -0.3 is 31.2 Å². The number of thioether (sulfide) groups is 1.